The van der Waals surface area contributed by atoms with E-state index in [0.717, 1.165) is 0 Å². The molecule has 1 N–H and O–H groups in total. The first-order valence-electron chi connectivity index (χ1n) is 6.13. The Labute approximate surface area is 133 Å². The monoisotopic (exact) mass is 335 g/mol. The molecule has 0 aliphatic heterocycles. The second-order valence-electron chi connectivity index (χ2n) is 4.64. The highest BCUT2D eigenvalue weighted by molar-refractivity contribution is 6.51. The Hall–Kier alpha value is -0.770. The molecule has 0 saturated heterocycles. The molecule has 6 heteroatoms. The first-order valence-corrected chi connectivity index (χ1v) is 7.42. The average molecular weight is 337 g/mol. The van der Waals surface area contributed by atoms with E-state index >= 15 is 0 Å². The maximum atomic E-state index is 12.1. The Kier molecular flexibility index (Phi) is 5.87. The van der Waals surface area contributed by atoms with E-state index in [9.17, 15) is 9.59 Å². The van der Waals surface area contributed by atoms with Gasteiger partial charge < -0.3 is 5.32 Å². The molecule has 3 nitrogen and oxygen atoms in total. The van der Waals surface area contributed by atoms with Gasteiger partial charge in [-0.15, -0.1) is 11.6 Å². The van der Waals surface area contributed by atoms with Crippen LogP contribution in [0.25, 0.3) is 0 Å². The lowest BCUT2D eigenvalue weighted by Gasteiger charge is -2.38. The van der Waals surface area contributed by atoms with Gasteiger partial charge in [0.1, 0.15) is 0 Å². The van der Waals surface area contributed by atoms with Crippen molar-refractivity contribution in [1.82, 2.24) is 5.32 Å². The number of hydrogen-bond donors (Lipinski definition) is 1. The number of rotatable bonds is 6. The van der Waals surface area contributed by atoms with Gasteiger partial charge in [-0.3, -0.25) is 9.59 Å². The highest BCUT2D eigenvalue weighted by Gasteiger charge is 2.50. The summed E-state index contributed by atoms with van der Waals surface area (Å²) in [6.07, 6.45) is 0.348. The second kappa shape index (κ2) is 6.79. The first kappa shape index (κ1) is 17.3. The van der Waals surface area contributed by atoms with Crippen LogP contribution in [0.4, 0.5) is 0 Å². The number of amides is 1. The Balaban J connectivity index is 2.99. The molecule has 0 aliphatic carbocycles. The fourth-order valence-electron chi connectivity index (χ4n) is 1.68. The number of halogens is 3. The van der Waals surface area contributed by atoms with Crippen molar-refractivity contribution < 1.29 is 9.59 Å². The largest absolute Gasteiger partial charge is 0.320 e. The van der Waals surface area contributed by atoms with Crippen molar-refractivity contribution in [2.24, 2.45) is 5.41 Å². The third-order valence-electron chi connectivity index (χ3n) is 3.44. The summed E-state index contributed by atoms with van der Waals surface area (Å²) in [5.74, 6) is -0.982. The molecule has 1 atom stereocenters. The second-order valence-corrected chi connectivity index (χ2v) is 6.23. The molecule has 0 radical (unpaired) electrons. The lowest BCUT2D eigenvalue weighted by molar-refractivity contribution is -0.126. The molecular formula is C14H16Cl3NO2. The van der Waals surface area contributed by atoms with Gasteiger partial charge in [0.15, 0.2) is 5.78 Å². The fraction of sp³-hybridized carbons (Fsp3) is 0.429. The average Bonchev–Trinajstić information content (AvgIpc) is 2.45. The van der Waals surface area contributed by atoms with E-state index < -0.39 is 15.8 Å². The maximum Gasteiger partial charge on any atom is 0.253 e. The van der Waals surface area contributed by atoms with E-state index in [1.54, 1.807) is 44.2 Å². The summed E-state index contributed by atoms with van der Waals surface area (Å²) in [7, 11) is 0. The van der Waals surface area contributed by atoms with Gasteiger partial charge in [-0.2, -0.15) is 0 Å². The molecule has 20 heavy (non-hydrogen) atoms. The van der Waals surface area contributed by atoms with Crippen LogP contribution in [0.1, 0.15) is 30.6 Å². The van der Waals surface area contributed by atoms with Crippen LogP contribution >= 0.6 is 34.8 Å². The van der Waals surface area contributed by atoms with Gasteiger partial charge in [0.25, 0.3) is 5.91 Å². The van der Waals surface area contributed by atoms with E-state index in [0.29, 0.717) is 12.0 Å². The number of alkyl halides is 3. The van der Waals surface area contributed by atoms with E-state index in [1.165, 1.54) is 0 Å². The van der Waals surface area contributed by atoms with E-state index in [1.807, 2.05) is 0 Å². The van der Waals surface area contributed by atoms with Gasteiger partial charge in [-0.05, 0) is 25.5 Å². The molecule has 1 amide bonds. The normalized spacial score (nSPS) is 14.4. The molecule has 1 aromatic rings. The number of carbonyl (C=O) groups is 2. The summed E-state index contributed by atoms with van der Waals surface area (Å²) in [6.45, 7) is 3.35. The third kappa shape index (κ3) is 3.46. The predicted molar refractivity (Wildman–Crippen MR) is 82.5 cm³/mol. The number of Topliss-reactive ketones (excluding diaryl/α,β-unsaturated/α-hetero) is 1. The van der Waals surface area contributed by atoms with E-state index in [2.05, 4.69) is 5.32 Å². The van der Waals surface area contributed by atoms with E-state index in [4.69, 9.17) is 34.8 Å². The van der Waals surface area contributed by atoms with Gasteiger partial charge in [-0.1, -0.05) is 48.3 Å². The van der Waals surface area contributed by atoms with Crippen LogP contribution in [0.2, 0.25) is 0 Å². The van der Waals surface area contributed by atoms with Crippen LogP contribution in [0.3, 0.4) is 0 Å². The molecule has 1 rings (SSSR count). The Morgan fingerprint density at radius 3 is 2.20 bits per heavy atom. The summed E-state index contributed by atoms with van der Waals surface area (Å²) >= 11 is 18.0. The van der Waals surface area contributed by atoms with E-state index in [-0.39, 0.29) is 11.7 Å². The van der Waals surface area contributed by atoms with Crippen LogP contribution in [0.15, 0.2) is 30.3 Å². The number of ketones is 1. The standard InChI is InChI=1S/C14H16Cl3NO2/c1-3-13(2,11(19)9-15)14(16,17)18-12(20)10-7-5-4-6-8-10/h4-8H,3,9H2,1-2H3,(H,18,20). The summed E-state index contributed by atoms with van der Waals surface area (Å²) < 4.78 is -1.74. The van der Waals surface area contributed by atoms with Crippen molar-refractivity contribution in [2.45, 2.75) is 24.7 Å². The molecule has 1 aromatic carbocycles. The molecule has 0 aromatic heterocycles. The van der Waals surface area contributed by atoms with Crippen molar-refractivity contribution in [2.75, 3.05) is 5.88 Å². The minimum Gasteiger partial charge on any atom is -0.320 e. The lowest BCUT2D eigenvalue weighted by atomic mass is 9.82. The molecule has 0 aliphatic rings. The van der Waals surface area contributed by atoms with Gasteiger partial charge in [0, 0.05) is 5.56 Å². The smallest absolute Gasteiger partial charge is 0.253 e. The molecular weight excluding hydrogens is 321 g/mol. The lowest BCUT2D eigenvalue weighted by Crippen LogP contribution is -2.55. The molecule has 0 spiro atoms. The maximum absolute atomic E-state index is 12.1. The Morgan fingerprint density at radius 2 is 1.75 bits per heavy atom. The van der Waals surface area contributed by atoms with Crippen LogP contribution < -0.4 is 5.32 Å². The third-order valence-corrected chi connectivity index (χ3v) is 4.71. The van der Waals surface area contributed by atoms with Crippen LogP contribution in [0.5, 0.6) is 0 Å². The predicted octanol–water partition coefficient (Wildman–Crippen LogP) is 3.77. The number of carbonyl (C=O) groups excluding carboxylic acids is 2. The number of hydrogen-bond acceptors (Lipinski definition) is 2. The quantitative estimate of drug-likeness (QED) is 0.635. The SMILES string of the molecule is CCC(C)(C(=O)CCl)C(Cl)(Cl)NC(=O)c1ccccc1. The summed E-state index contributed by atoms with van der Waals surface area (Å²) in [5, 5.41) is 2.49. The zero-order valence-electron chi connectivity index (χ0n) is 11.3. The van der Waals surface area contributed by atoms with Crippen LogP contribution in [-0.4, -0.2) is 22.0 Å². The van der Waals surface area contributed by atoms with Gasteiger partial charge >= 0.3 is 0 Å². The highest BCUT2D eigenvalue weighted by Crippen LogP contribution is 2.42. The summed E-state index contributed by atoms with van der Waals surface area (Å²) in [6, 6.07) is 8.50. The topological polar surface area (TPSA) is 46.2 Å². The number of benzene rings is 1. The molecule has 1 unspecified atom stereocenters. The van der Waals surface area contributed by atoms with Gasteiger partial charge in [0.05, 0.1) is 11.3 Å². The van der Waals surface area contributed by atoms with Crippen molar-refractivity contribution in [3.63, 3.8) is 0 Å². The van der Waals surface area contributed by atoms with Crippen LogP contribution in [0, 0.1) is 5.41 Å². The molecule has 0 saturated carbocycles. The molecule has 0 bridgehead atoms. The van der Waals surface area contributed by atoms with Crippen molar-refractivity contribution in [1.29, 1.82) is 0 Å². The first-order chi connectivity index (χ1) is 9.28. The van der Waals surface area contributed by atoms with Crippen molar-refractivity contribution in [3.8, 4) is 0 Å². The van der Waals surface area contributed by atoms with Gasteiger partial charge in [-0.25, -0.2) is 0 Å². The zero-order chi connectivity index (χ0) is 15.4. The Bertz CT molecular complexity index is 490. The van der Waals surface area contributed by atoms with Crippen molar-refractivity contribution in [3.05, 3.63) is 35.9 Å². The molecule has 110 valence electrons. The minimum atomic E-state index is -1.74. The Morgan fingerprint density at radius 1 is 1.20 bits per heavy atom. The highest BCUT2D eigenvalue weighted by atomic mass is 35.5. The number of nitrogens with one attached hydrogen (secondary N) is 1. The van der Waals surface area contributed by atoms with Gasteiger partial charge in [0.2, 0.25) is 4.46 Å². The molecule has 0 heterocycles. The van der Waals surface area contributed by atoms with Crippen molar-refractivity contribution >= 4 is 46.5 Å². The summed E-state index contributed by atoms with van der Waals surface area (Å²) in [4.78, 5) is 24.1. The molecule has 0 fully saturated rings. The minimum absolute atomic E-state index is 0.216. The summed E-state index contributed by atoms with van der Waals surface area (Å²) in [5.41, 5.74) is -0.752. The van der Waals surface area contributed by atoms with Crippen LogP contribution in [-0.2, 0) is 4.79 Å². The zero-order valence-corrected chi connectivity index (χ0v) is 13.5. The fourth-order valence-corrected chi connectivity index (χ4v) is 2.63.